The molecule has 0 bridgehead atoms. The van der Waals surface area contributed by atoms with E-state index in [4.69, 9.17) is 9.47 Å². The molecule has 198 valence electrons. The fourth-order valence-electron chi connectivity index (χ4n) is 7.37. The Hall–Kier alpha value is -2.41. The predicted molar refractivity (Wildman–Crippen MR) is 137 cm³/mol. The molecule has 3 aliphatic carbocycles. The van der Waals surface area contributed by atoms with E-state index in [9.17, 15) is 14.4 Å². The van der Waals surface area contributed by atoms with Gasteiger partial charge in [-0.1, -0.05) is 25.8 Å². The Labute approximate surface area is 215 Å². The number of esters is 1. The highest BCUT2D eigenvalue weighted by Gasteiger charge is 2.58. The van der Waals surface area contributed by atoms with Crippen LogP contribution in [-0.2, 0) is 25.5 Å². The zero-order valence-electron chi connectivity index (χ0n) is 22.1. The summed E-state index contributed by atoms with van der Waals surface area (Å²) >= 11 is 0. The lowest BCUT2D eigenvalue weighted by Gasteiger charge is -2.50. The number of carbonyl (C=O) groups excluding carboxylic acids is 3. The maximum absolute atomic E-state index is 13.2. The average molecular weight is 499 g/mol. The van der Waals surface area contributed by atoms with Crippen LogP contribution in [0.5, 0.6) is 5.75 Å². The van der Waals surface area contributed by atoms with Gasteiger partial charge in [0.05, 0.1) is 13.7 Å². The molecule has 0 aromatic heterocycles. The summed E-state index contributed by atoms with van der Waals surface area (Å²) in [5, 5.41) is 0. The van der Waals surface area contributed by atoms with E-state index in [0.29, 0.717) is 42.5 Å². The molecule has 1 aromatic carbocycles. The topological polar surface area (TPSA) is 93.7 Å². The lowest BCUT2D eigenvalue weighted by Crippen LogP contribution is -2.44. The van der Waals surface area contributed by atoms with Gasteiger partial charge in [0.15, 0.2) is 0 Å². The zero-order valence-corrected chi connectivity index (χ0v) is 22.1. The van der Waals surface area contributed by atoms with Crippen LogP contribution in [0.25, 0.3) is 0 Å². The molecule has 0 spiro atoms. The van der Waals surface area contributed by atoms with Crippen molar-refractivity contribution in [3.63, 3.8) is 0 Å². The number of hydrogen-bond acceptors (Lipinski definition) is 6. The van der Waals surface area contributed by atoms with Gasteiger partial charge in [0.1, 0.15) is 18.1 Å². The number of ether oxygens (including phenoxy) is 2. The second kappa shape index (κ2) is 11.8. The number of fused-ring (bicyclic) bond motifs is 5. The van der Waals surface area contributed by atoms with Gasteiger partial charge in [-0.2, -0.15) is 0 Å². The molecule has 7 nitrogen and oxygen atoms in total. The van der Waals surface area contributed by atoms with E-state index >= 15 is 0 Å². The molecule has 1 amide bonds. The third-order valence-corrected chi connectivity index (χ3v) is 9.02. The second-order valence-electron chi connectivity index (χ2n) is 11.0. The van der Waals surface area contributed by atoms with Gasteiger partial charge >= 0.3 is 5.97 Å². The Morgan fingerprint density at radius 3 is 2.78 bits per heavy atom. The van der Waals surface area contributed by atoms with Crippen LogP contribution in [0.2, 0.25) is 0 Å². The highest BCUT2D eigenvalue weighted by atomic mass is 16.5. The minimum Gasteiger partial charge on any atom is -0.497 e. The van der Waals surface area contributed by atoms with Crippen molar-refractivity contribution in [3.8, 4) is 5.75 Å². The number of amides is 1. The first-order valence-electron chi connectivity index (χ1n) is 13.7. The van der Waals surface area contributed by atoms with Crippen LogP contribution in [0.15, 0.2) is 18.2 Å². The van der Waals surface area contributed by atoms with Crippen LogP contribution in [0.4, 0.5) is 0 Å². The van der Waals surface area contributed by atoms with Gasteiger partial charge in [0, 0.05) is 18.3 Å². The minimum atomic E-state index is -0.387. The first kappa shape index (κ1) is 26.6. The van der Waals surface area contributed by atoms with Gasteiger partial charge < -0.3 is 9.47 Å². The number of aryl methyl sites for hydroxylation is 1. The second-order valence-corrected chi connectivity index (χ2v) is 11.0. The number of unbranched alkanes of at least 4 members (excludes halogenated alkanes) is 2. The molecule has 0 radical (unpaired) electrons. The molecule has 1 aromatic rings. The van der Waals surface area contributed by atoms with Crippen LogP contribution in [0.3, 0.4) is 0 Å². The third-order valence-electron chi connectivity index (χ3n) is 9.02. The Balaban J connectivity index is 1.28. The van der Waals surface area contributed by atoms with Gasteiger partial charge in [0.25, 0.3) is 0 Å². The van der Waals surface area contributed by atoms with E-state index in [1.807, 2.05) is 0 Å². The van der Waals surface area contributed by atoms with Crippen molar-refractivity contribution in [2.24, 2.45) is 23.2 Å². The Bertz CT molecular complexity index is 963. The first-order valence-corrected chi connectivity index (χ1v) is 13.7. The number of methoxy groups -OCH3 is 1. The van der Waals surface area contributed by atoms with E-state index in [0.717, 1.165) is 63.5 Å². The highest BCUT2D eigenvalue weighted by Crippen LogP contribution is 2.62. The van der Waals surface area contributed by atoms with Crippen molar-refractivity contribution in [1.82, 2.24) is 10.9 Å². The molecule has 0 aliphatic heterocycles. The largest absolute Gasteiger partial charge is 0.497 e. The predicted octanol–water partition coefficient (Wildman–Crippen LogP) is 4.48. The van der Waals surface area contributed by atoms with Crippen LogP contribution < -0.4 is 15.6 Å². The van der Waals surface area contributed by atoms with E-state index < -0.39 is 0 Å². The Kier molecular flexibility index (Phi) is 8.70. The number of nitrogens with one attached hydrogen (secondary N) is 2. The third kappa shape index (κ3) is 5.61. The maximum atomic E-state index is 13.2. The molecular weight excluding hydrogens is 456 g/mol. The van der Waals surface area contributed by atoms with Crippen LogP contribution in [0.1, 0.15) is 88.7 Å². The Morgan fingerprint density at radius 2 is 2.00 bits per heavy atom. The standard InChI is InChI=1S/C29H42N2O5/c1-4-36-27(34)18-30-31-26(33)9-7-5-6-8-20-17-25(32)29(2)15-14-23-22-13-11-21(35-3)16-19(22)10-12-24(23)28(20)29/h11,13,16,20,23-24,28,30H,4-10,12,14-15,17-18H2,1-3H3,(H,31,33)/t20-,23-,24-,28+,29-/m1/s1. The molecule has 0 heterocycles. The summed E-state index contributed by atoms with van der Waals surface area (Å²) in [6.45, 7) is 4.28. The molecule has 3 aliphatic rings. The summed E-state index contributed by atoms with van der Waals surface area (Å²) in [6, 6.07) is 6.57. The fraction of sp³-hybridized carbons (Fsp3) is 0.690. The van der Waals surface area contributed by atoms with Gasteiger partial charge in [-0.25, -0.2) is 5.43 Å². The normalized spacial score (nSPS) is 28.6. The Morgan fingerprint density at radius 1 is 1.17 bits per heavy atom. The van der Waals surface area contributed by atoms with Gasteiger partial charge in [-0.05, 0) is 92.4 Å². The van der Waals surface area contributed by atoms with Gasteiger partial charge in [-0.15, -0.1) is 0 Å². The zero-order chi connectivity index (χ0) is 25.7. The number of carbonyl (C=O) groups is 3. The number of ketones is 1. The molecule has 4 rings (SSSR count). The van der Waals surface area contributed by atoms with Crippen molar-refractivity contribution >= 4 is 17.7 Å². The molecular formula is C29H42N2O5. The average Bonchev–Trinajstić information content (AvgIpc) is 3.13. The first-order chi connectivity index (χ1) is 17.4. The number of rotatable bonds is 11. The van der Waals surface area contributed by atoms with E-state index in [2.05, 4.69) is 36.0 Å². The maximum Gasteiger partial charge on any atom is 0.321 e. The molecule has 2 fully saturated rings. The van der Waals surface area contributed by atoms with Crippen molar-refractivity contribution in [1.29, 1.82) is 0 Å². The van der Waals surface area contributed by atoms with E-state index in [-0.39, 0.29) is 23.8 Å². The summed E-state index contributed by atoms with van der Waals surface area (Å²) < 4.78 is 10.3. The van der Waals surface area contributed by atoms with Crippen LogP contribution in [-0.4, -0.2) is 37.9 Å². The molecule has 0 unspecified atom stereocenters. The molecule has 5 atom stereocenters. The van der Waals surface area contributed by atoms with Gasteiger partial charge in [-0.3, -0.25) is 19.8 Å². The fourth-order valence-corrected chi connectivity index (χ4v) is 7.37. The monoisotopic (exact) mass is 498 g/mol. The van der Waals surface area contributed by atoms with E-state index in [1.54, 1.807) is 14.0 Å². The molecule has 36 heavy (non-hydrogen) atoms. The van der Waals surface area contributed by atoms with Crippen molar-refractivity contribution in [2.75, 3.05) is 20.3 Å². The lowest BCUT2D eigenvalue weighted by atomic mass is 9.54. The summed E-state index contributed by atoms with van der Waals surface area (Å²) in [5.41, 5.74) is 7.91. The number of Topliss-reactive ketones (excluding diaryl/α,β-unsaturated/α-hetero) is 1. The lowest BCUT2D eigenvalue weighted by molar-refractivity contribution is -0.142. The summed E-state index contributed by atoms with van der Waals surface area (Å²) in [4.78, 5) is 36.5. The quantitative estimate of drug-likeness (QED) is 0.265. The van der Waals surface area contributed by atoms with E-state index in [1.165, 1.54) is 11.1 Å². The van der Waals surface area contributed by atoms with Crippen molar-refractivity contribution in [3.05, 3.63) is 29.3 Å². The smallest absolute Gasteiger partial charge is 0.321 e. The number of benzene rings is 1. The van der Waals surface area contributed by atoms with Crippen LogP contribution >= 0.6 is 0 Å². The summed E-state index contributed by atoms with van der Waals surface area (Å²) in [5.74, 6) is 2.96. The van der Waals surface area contributed by atoms with Crippen molar-refractivity contribution < 1.29 is 23.9 Å². The molecule has 2 N–H and O–H groups in total. The summed E-state index contributed by atoms with van der Waals surface area (Å²) in [7, 11) is 1.73. The van der Waals surface area contributed by atoms with Crippen molar-refractivity contribution in [2.45, 2.75) is 84.0 Å². The molecule has 7 heteroatoms. The summed E-state index contributed by atoms with van der Waals surface area (Å²) in [6.07, 6.45) is 9.35. The SMILES string of the molecule is CCOC(=O)CNNC(=O)CCCCC[C@@H]1CC(=O)[C@@]2(C)CC[C@@H]3c4ccc(OC)cc4CC[C@H]3[C@H]12. The molecule has 2 saturated carbocycles. The highest BCUT2D eigenvalue weighted by molar-refractivity contribution is 5.87. The van der Waals surface area contributed by atoms with Crippen LogP contribution in [0, 0.1) is 23.2 Å². The number of hydrazine groups is 1. The molecule has 0 saturated heterocycles. The minimum absolute atomic E-state index is 0.0321. The van der Waals surface area contributed by atoms with Gasteiger partial charge in [0.2, 0.25) is 5.91 Å². The number of hydrogen-bond donors (Lipinski definition) is 2.